The van der Waals surface area contributed by atoms with Gasteiger partial charge >= 0.3 is 0 Å². The van der Waals surface area contributed by atoms with E-state index in [0.29, 0.717) is 35.8 Å². The maximum absolute atomic E-state index is 12.6. The summed E-state index contributed by atoms with van der Waals surface area (Å²) in [6.45, 7) is 0. The van der Waals surface area contributed by atoms with Gasteiger partial charge in [0, 0.05) is 25.1 Å². The molecule has 1 saturated heterocycles. The maximum atomic E-state index is 12.6. The maximum Gasteiger partial charge on any atom is 0.263 e. The van der Waals surface area contributed by atoms with Crippen molar-refractivity contribution >= 4 is 17.5 Å². The van der Waals surface area contributed by atoms with Gasteiger partial charge in [-0.15, -0.1) is 0 Å². The molecule has 3 rings (SSSR count). The molecular weight excluding hydrogens is 370 g/mol. The third-order valence-electron chi connectivity index (χ3n) is 4.59. The first-order chi connectivity index (χ1) is 13.4. The smallest absolute Gasteiger partial charge is 0.263 e. The van der Waals surface area contributed by atoms with Crippen LogP contribution < -0.4 is 14.8 Å². The van der Waals surface area contributed by atoms with Gasteiger partial charge in [-0.2, -0.15) is 0 Å². The molecule has 1 heterocycles. The van der Waals surface area contributed by atoms with Gasteiger partial charge in [-0.05, 0) is 42.8 Å². The molecule has 8 heteroatoms. The summed E-state index contributed by atoms with van der Waals surface area (Å²) >= 11 is 0. The Morgan fingerprint density at radius 1 is 1.18 bits per heavy atom. The number of anilines is 1. The van der Waals surface area contributed by atoms with Crippen molar-refractivity contribution in [3.05, 3.63) is 48.0 Å². The van der Waals surface area contributed by atoms with Crippen molar-refractivity contribution in [2.45, 2.75) is 25.3 Å². The van der Waals surface area contributed by atoms with Crippen molar-refractivity contribution in [3.63, 3.8) is 0 Å². The molecule has 1 fully saturated rings. The molecule has 0 radical (unpaired) electrons. The molecule has 1 aliphatic heterocycles. The summed E-state index contributed by atoms with van der Waals surface area (Å²) in [7, 11) is 3.07. The molecule has 28 heavy (non-hydrogen) atoms. The van der Waals surface area contributed by atoms with Crippen molar-refractivity contribution in [1.82, 2.24) is 4.90 Å². The molecule has 1 atom stereocenters. The second kappa shape index (κ2) is 8.24. The number of hydrogen-bond donors (Lipinski definition) is 1. The molecule has 1 N–H and O–H groups in total. The van der Waals surface area contributed by atoms with Gasteiger partial charge in [0.1, 0.15) is 23.3 Å². The molecule has 2 aromatic carbocycles. The summed E-state index contributed by atoms with van der Waals surface area (Å²) in [5.74, 6) is 0.826. The van der Waals surface area contributed by atoms with E-state index < -0.39 is 12.5 Å². The van der Waals surface area contributed by atoms with Crippen LogP contribution in [0.3, 0.4) is 0 Å². The lowest BCUT2D eigenvalue weighted by Gasteiger charge is -2.20. The zero-order valence-electron chi connectivity index (χ0n) is 15.4. The van der Waals surface area contributed by atoms with Crippen LogP contribution in [0.15, 0.2) is 42.5 Å². The quantitative estimate of drug-likeness (QED) is 0.810. The molecule has 2 aromatic rings. The first-order valence-corrected chi connectivity index (χ1v) is 8.69. The number of methoxy groups -OCH3 is 1. The molecule has 0 unspecified atom stereocenters. The van der Waals surface area contributed by atoms with Crippen LogP contribution in [0.5, 0.6) is 17.2 Å². The third-order valence-corrected chi connectivity index (χ3v) is 4.59. The lowest BCUT2D eigenvalue weighted by Crippen LogP contribution is -2.38. The summed E-state index contributed by atoms with van der Waals surface area (Å²) in [5.41, 5.74) is 0.298. The number of ether oxygens (including phenoxy) is 2. The largest absolute Gasteiger partial charge is 0.495 e. The van der Waals surface area contributed by atoms with E-state index in [4.69, 9.17) is 9.47 Å². The number of hydrogen-bond acceptors (Lipinski definition) is 4. The highest BCUT2D eigenvalue weighted by molar-refractivity contribution is 5.99. The molecule has 6 nitrogen and oxygen atoms in total. The predicted molar refractivity (Wildman–Crippen MR) is 98.9 cm³/mol. The van der Waals surface area contributed by atoms with Crippen molar-refractivity contribution in [3.8, 4) is 17.2 Å². The Morgan fingerprint density at radius 2 is 1.86 bits per heavy atom. The number of nitrogens with zero attached hydrogens (tertiary/aromatic N) is 1. The molecule has 0 bridgehead atoms. The Labute approximate surface area is 161 Å². The van der Waals surface area contributed by atoms with Crippen LogP contribution in [0.1, 0.15) is 24.8 Å². The highest BCUT2D eigenvalue weighted by Gasteiger charge is 2.33. The first kappa shape index (κ1) is 19.6. The highest BCUT2D eigenvalue weighted by Crippen LogP contribution is 2.33. The van der Waals surface area contributed by atoms with Crippen molar-refractivity contribution < 1.29 is 27.8 Å². The minimum absolute atomic E-state index is 0.0727. The van der Waals surface area contributed by atoms with Gasteiger partial charge in [0.2, 0.25) is 11.8 Å². The SMILES string of the molecule is COc1ccc(Oc2ccc(C(F)F)cc2)cc1NC(=O)[C@@H]1CCC(=O)N1C. The zero-order chi connectivity index (χ0) is 20.3. The van der Waals surface area contributed by atoms with Gasteiger partial charge in [-0.1, -0.05) is 0 Å². The minimum Gasteiger partial charge on any atom is -0.495 e. The normalized spacial score (nSPS) is 16.4. The van der Waals surface area contributed by atoms with Gasteiger partial charge in [-0.25, -0.2) is 8.78 Å². The summed E-state index contributed by atoms with van der Waals surface area (Å²) in [6, 6.07) is 9.78. The van der Waals surface area contributed by atoms with E-state index in [0.717, 1.165) is 0 Å². The van der Waals surface area contributed by atoms with Crippen LogP contribution in [0.4, 0.5) is 14.5 Å². The number of amides is 2. The molecule has 0 aromatic heterocycles. The third kappa shape index (κ3) is 4.21. The summed E-state index contributed by atoms with van der Waals surface area (Å²) in [5, 5.41) is 2.77. The minimum atomic E-state index is -2.54. The second-order valence-electron chi connectivity index (χ2n) is 6.38. The van der Waals surface area contributed by atoms with Gasteiger partial charge in [0.05, 0.1) is 12.8 Å². The van der Waals surface area contributed by atoms with E-state index in [1.165, 1.54) is 36.3 Å². The lowest BCUT2D eigenvalue weighted by atomic mass is 10.2. The number of likely N-dealkylation sites (N-methyl/N-ethyl adjacent to an activating group) is 1. The first-order valence-electron chi connectivity index (χ1n) is 8.69. The van der Waals surface area contributed by atoms with E-state index in [2.05, 4.69) is 5.32 Å². The number of carbonyl (C=O) groups excluding carboxylic acids is 2. The van der Waals surface area contributed by atoms with Crippen molar-refractivity contribution in [1.29, 1.82) is 0 Å². The van der Waals surface area contributed by atoms with E-state index in [1.807, 2.05) is 0 Å². The Kier molecular flexibility index (Phi) is 5.77. The number of alkyl halides is 2. The molecule has 1 aliphatic rings. The average molecular weight is 390 g/mol. The van der Waals surface area contributed by atoms with Gasteiger partial charge < -0.3 is 19.7 Å². The molecule has 0 aliphatic carbocycles. The van der Waals surface area contributed by atoms with E-state index in [-0.39, 0.29) is 17.4 Å². The number of likely N-dealkylation sites (tertiary alicyclic amines) is 1. The van der Waals surface area contributed by atoms with Crippen LogP contribution >= 0.6 is 0 Å². The number of nitrogens with one attached hydrogen (secondary N) is 1. The summed E-state index contributed by atoms with van der Waals surface area (Å²) in [6.07, 6.45) is -1.75. The molecule has 0 spiro atoms. The summed E-state index contributed by atoms with van der Waals surface area (Å²) < 4.78 is 36.2. The summed E-state index contributed by atoms with van der Waals surface area (Å²) in [4.78, 5) is 25.6. The monoisotopic (exact) mass is 390 g/mol. The fourth-order valence-electron chi connectivity index (χ4n) is 2.99. The topological polar surface area (TPSA) is 67.9 Å². The number of rotatable bonds is 6. The molecule has 0 saturated carbocycles. The van der Waals surface area contributed by atoms with Gasteiger partial charge in [0.15, 0.2) is 0 Å². The molecular formula is C20H20F2N2O4. The molecule has 148 valence electrons. The van der Waals surface area contributed by atoms with E-state index >= 15 is 0 Å². The van der Waals surface area contributed by atoms with Crippen LogP contribution in [0, 0.1) is 0 Å². The molecule has 2 amide bonds. The van der Waals surface area contributed by atoms with Crippen LogP contribution in [0.25, 0.3) is 0 Å². The highest BCUT2D eigenvalue weighted by atomic mass is 19.3. The Bertz CT molecular complexity index is 871. The predicted octanol–water partition coefficient (Wildman–Crippen LogP) is 3.98. The fourth-order valence-corrected chi connectivity index (χ4v) is 2.99. The number of halogens is 2. The van der Waals surface area contributed by atoms with Gasteiger partial charge in [0.25, 0.3) is 6.43 Å². The van der Waals surface area contributed by atoms with Crippen LogP contribution in [0.2, 0.25) is 0 Å². The van der Waals surface area contributed by atoms with Crippen LogP contribution in [-0.2, 0) is 9.59 Å². The average Bonchev–Trinajstić information content (AvgIpc) is 3.01. The number of benzene rings is 2. The van der Waals surface area contributed by atoms with Crippen LogP contribution in [-0.4, -0.2) is 36.9 Å². The Hall–Kier alpha value is -3.16. The van der Waals surface area contributed by atoms with Crippen molar-refractivity contribution in [2.75, 3.05) is 19.5 Å². The van der Waals surface area contributed by atoms with E-state index in [1.54, 1.807) is 25.2 Å². The zero-order valence-corrected chi connectivity index (χ0v) is 15.4. The second-order valence-corrected chi connectivity index (χ2v) is 6.38. The van der Waals surface area contributed by atoms with Gasteiger partial charge in [-0.3, -0.25) is 9.59 Å². The Balaban J connectivity index is 1.76. The lowest BCUT2D eigenvalue weighted by molar-refractivity contribution is -0.131. The Morgan fingerprint density at radius 3 is 2.43 bits per heavy atom. The fraction of sp³-hybridized carbons (Fsp3) is 0.300. The number of carbonyl (C=O) groups is 2. The van der Waals surface area contributed by atoms with E-state index in [9.17, 15) is 18.4 Å². The standard InChI is InChI=1S/C20H20F2N2O4/c1-24-16(8-10-18(24)25)20(26)23-15-11-14(7-9-17(15)27-2)28-13-5-3-12(4-6-13)19(21)22/h3-7,9,11,16,19H,8,10H2,1-2H3,(H,23,26)/t16-/m0/s1. The van der Waals surface area contributed by atoms with Crippen molar-refractivity contribution in [2.24, 2.45) is 0 Å².